The van der Waals surface area contributed by atoms with Gasteiger partial charge in [0.05, 0.1) is 0 Å². The summed E-state index contributed by atoms with van der Waals surface area (Å²) in [4.78, 5) is 0. The molecule has 1 saturated heterocycles. The summed E-state index contributed by atoms with van der Waals surface area (Å²) in [5.41, 5.74) is 1.69. The molecule has 1 aliphatic heterocycles. The minimum absolute atomic E-state index is 0.790. The molecule has 2 aliphatic rings. The summed E-state index contributed by atoms with van der Waals surface area (Å²) in [6.07, 6.45) is 7.71. The third kappa shape index (κ3) is 4.09. The maximum atomic E-state index is 3.49. The quantitative estimate of drug-likeness (QED) is 0.202. The molecule has 0 amide bonds. The fourth-order valence-electron chi connectivity index (χ4n) is 10.2. The first kappa shape index (κ1) is 29.2. The predicted octanol–water partition coefficient (Wildman–Crippen LogP) is 10.5. The molecule has 0 radical (unpaired) electrons. The second-order valence-corrected chi connectivity index (χ2v) is 66.2. The van der Waals surface area contributed by atoms with Crippen molar-refractivity contribution < 1.29 is 0 Å². The third-order valence-electron chi connectivity index (χ3n) is 10.5. The standard InChI is InChI=1S/C16H40Si4.C11H13.HI.Sn/c1-17(2,3)15(18(4,5)6)13-14-16(19(7,8)9)20(10,11)12;1-2-6-10(7-3-1)11-8-4-5-9-11;;/h13-14H2,1-12H3;1-3,6-8,11H,4-5,9H2;1H;/q;;;+1/p-1. The maximum absolute atomic E-state index is 3.49. The topological polar surface area (TPSA) is 0 Å². The first-order valence-electron chi connectivity index (χ1n) is 13.5. The Bertz CT molecular complexity index is 774. The molecule has 2 atom stereocenters. The Hall–Kier alpha value is 1.62. The van der Waals surface area contributed by atoms with Crippen LogP contribution in [-0.2, 0) is 0 Å². The van der Waals surface area contributed by atoms with E-state index in [1.807, 2.05) is 0 Å². The van der Waals surface area contributed by atoms with Crippen molar-refractivity contribution in [3.8, 4) is 0 Å². The minimum atomic E-state index is -2.92. The van der Waals surface area contributed by atoms with E-state index in [0.717, 1.165) is 15.2 Å². The van der Waals surface area contributed by atoms with E-state index in [4.69, 9.17) is 0 Å². The normalized spacial score (nSPS) is 27.7. The molecule has 33 heavy (non-hydrogen) atoms. The van der Waals surface area contributed by atoms with Crippen LogP contribution in [-0.4, -0.2) is 46.7 Å². The van der Waals surface area contributed by atoms with Crippen LogP contribution in [0.4, 0.5) is 0 Å². The molecule has 1 aliphatic carbocycles. The van der Waals surface area contributed by atoms with Crippen LogP contribution in [0.5, 0.6) is 0 Å². The zero-order chi connectivity index (χ0) is 25.3. The van der Waals surface area contributed by atoms with Gasteiger partial charge in [0.25, 0.3) is 0 Å². The van der Waals surface area contributed by atoms with Crippen molar-refractivity contribution in [3.05, 3.63) is 35.9 Å². The van der Waals surface area contributed by atoms with Crippen LogP contribution in [0.25, 0.3) is 0 Å². The molecule has 0 nitrogen and oxygen atoms in total. The van der Waals surface area contributed by atoms with Gasteiger partial charge in [0.2, 0.25) is 0 Å². The zero-order valence-corrected chi connectivity index (χ0v) is 33.0. The second kappa shape index (κ2) is 9.12. The SMILES string of the molecule is C[Si](C)(C)[C]1([Si](C)(C)C)CC[C]([Si](C)(C)C)([Si](C)(C)C)[Sn]1([I])[CH]1CCCC1c1ccccc1. The number of hydrogen-bond acceptors (Lipinski definition) is 0. The Kier molecular flexibility index (Phi) is 8.06. The Balaban J connectivity index is 2.45. The van der Waals surface area contributed by atoms with Crippen molar-refractivity contribution in [2.45, 2.75) is 126 Å². The van der Waals surface area contributed by atoms with Gasteiger partial charge in [0.15, 0.2) is 0 Å². The summed E-state index contributed by atoms with van der Waals surface area (Å²) in [6, 6.07) is 11.9. The molecule has 1 aromatic rings. The van der Waals surface area contributed by atoms with E-state index in [1.165, 1.54) is 12.8 Å². The van der Waals surface area contributed by atoms with E-state index in [-0.39, 0.29) is 0 Å². The molecule has 1 heterocycles. The first-order chi connectivity index (χ1) is 14.8. The van der Waals surface area contributed by atoms with E-state index >= 15 is 0 Å². The molecule has 1 aromatic carbocycles. The summed E-state index contributed by atoms with van der Waals surface area (Å²) >= 11 is 0.573. The fourth-order valence-corrected chi connectivity index (χ4v) is 174. The van der Waals surface area contributed by atoms with Crippen LogP contribution in [0.2, 0.25) is 87.9 Å². The van der Waals surface area contributed by atoms with Gasteiger partial charge < -0.3 is 0 Å². The average molecular weight is 736 g/mol. The van der Waals surface area contributed by atoms with Crippen molar-refractivity contribution in [1.82, 2.24) is 0 Å². The molecule has 0 spiro atoms. The first-order valence-corrected chi connectivity index (χ1v) is 40.4. The van der Waals surface area contributed by atoms with Crippen LogP contribution in [0, 0.1) is 0 Å². The molecular weight excluding hydrogens is 682 g/mol. The van der Waals surface area contributed by atoms with Gasteiger partial charge in [-0.15, -0.1) is 0 Å². The van der Waals surface area contributed by atoms with Crippen LogP contribution < -0.4 is 0 Å². The van der Waals surface area contributed by atoms with E-state index < -0.39 is 46.7 Å². The monoisotopic (exact) mass is 736 g/mol. The summed E-state index contributed by atoms with van der Waals surface area (Å²) in [5, 5.41) is 0. The van der Waals surface area contributed by atoms with E-state index in [2.05, 4.69) is 128 Å². The van der Waals surface area contributed by atoms with Crippen LogP contribution in [0.3, 0.4) is 0 Å². The molecule has 0 aromatic heterocycles. The molecule has 0 bridgehead atoms. The van der Waals surface area contributed by atoms with Gasteiger partial charge in [-0.25, -0.2) is 0 Å². The second-order valence-electron chi connectivity index (χ2n) is 15.6. The summed E-state index contributed by atoms with van der Waals surface area (Å²) in [6.45, 7) is 33.9. The third-order valence-corrected chi connectivity index (χ3v) is 112. The van der Waals surface area contributed by atoms with Crippen molar-refractivity contribution in [1.29, 1.82) is 0 Å². The van der Waals surface area contributed by atoms with Gasteiger partial charge in [-0.05, 0) is 0 Å². The van der Waals surface area contributed by atoms with Crippen molar-refractivity contribution >= 4 is 65.3 Å². The molecular formula is C27H53ISi4Sn. The fraction of sp³-hybridized carbons (Fsp3) is 0.778. The molecule has 188 valence electrons. The van der Waals surface area contributed by atoms with Crippen LogP contribution in [0.15, 0.2) is 30.3 Å². The summed E-state index contributed by atoms with van der Waals surface area (Å²) in [7, 11) is -5.59. The van der Waals surface area contributed by atoms with Crippen molar-refractivity contribution in [2.24, 2.45) is 0 Å². The number of rotatable bonds is 6. The van der Waals surface area contributed by atoms with Crippen molar-refractivity contribution in [3.63, 3.8) is 0 Å². The van der Waals surface area contributed by atoms with Gasteiger partial charge in [0, 0.05) is 0 Å². The predicted molar refractivity (Wildman–Crippen MR) is 175 cm³/mol. The van der Waals surface area contributed by atoms with Crippen LogP contribution in [0.1, 0.15) is 43.6 Å². The van der Waals surface area contributed by atoms with E-state index in [1.54, 1.807) is 24.8 Å². The van der Waals surface area contributed by atoms with Crippen molar-refractivity contribution in [2.75, 3.05) is 0 Å². The van der Waals surface area contributed by atoms with Gasteiger partial charge in [0.1, 0.15) is 0 Å². The molecule has 6 heteroatoms. The molecule has 2 fully saturated rings. The zero-order valence-electron chi connectivity index (χ0n) is 24.0. The van der Waals surface area contributed by atoms with Gasteiger partial charge in [-0.2, -0.15) is 0 Å². The molecule has 1 saturated carbocycles. The number of halogens is 1. The Morgan fingerprint density at radius 1 is 0.667 bits per heavy atom. The Morgan fingerprint density at radius 2 is 1.06 bits per heavy atom. The van der Waals surface area contributed by atoms with Crippen LogP contribution >= 0.6 is 18.6 Å². The molecule has 3 rings (SSSR count). The number of hydrogen-bond donors (Lipinski definition) is 0. The van der Waals surface area contributed by atoms with Gasteiger partial charge in [-0.1, -0.05) is 0 Å². The Morgan fingerprint density at radius 3 is 1.42 bits per heavy atom. The molecule has 2 unspecified atom stereocenters. The van der Waals surface area contributed by atoms with E-state index in [9.17, 15) is 0 Å². The Labute approximate surface area is 225 Å². The van der Waals surface area contributed by atoms with Gasteiger partial charge >= 0.3 is 227 Å². The summed E-state index contributed by atoms with van der Waals surface area (Å²) in [5.74, 6) is 0.844. The summed E-state index contributed by atoms with van der Waals surface area (Å²) < 4.78 is 2.62. The van der Waals surface area contributed by atoms with Gasteiger partial charge in [-0.3, -0.25) is 0 Å². The molecule has 0 N–H and O–H groups in total. The number of benzene rings is 1. The van der Waals surface area contributed by atoms with E-state index in [0.29, 0.717) is 0 Å². The average Bonchev–Trinajstić information content (AvgIpc) is 3.22.